The summed E-state index contributed by atoms with van der Waals surface area (Å²) in [4.78, 5) is 154. The average Bonchev–Trinajstić information content (AvgIpc) is 1.04. The van der Waals surface area contributed by atoms with Crippen molar-refractivity contribution in [2.24, 2.45) is 69.9 Å². The molecule has 0 aromatic heterocycles. The van der Waals surface area contributed by atoms with Crippen LogP contribution in [0.15, 0.2) is 0 Å². The Hall–Kier alpha value is -1.51. The van der Waals surface area contributed by atoms with Gasteiger partial charge in [-0.1, -0.05) is 76.7 Å². The molecule has 0 aromatic carbocycles. The maximum Gasteiger partial charge on any atom is 1.00 e. The molecular weight excluding hydrogens is 1970 g/mol. The molecule has 2 heterocycles. The second-order valence-electron chi connectivity index (χ2n) is 38.3. The number of ketones is 2. The van der Waals surface area contributed by atoms with Crippen LogP contribution in [0, 0.1) is 35.5 Å². The number of cyclic esters (lactones) is 4. The summed E-state index contributed by atoms with van der Waals surface area (Å²) < 4.78 is 48.9. The number of esters is 4. The summed E-state index contributed by atoms with van der Waals surface area (Å²) in [7, 11) is -20.7. The molecule has 0 radical (unpaired) electrons. The number of aliphatic carboxylic acids is 4. The molecule has 0 saturated carbocycles. The summed E-state index contributed by atoms with van der Waals surface area (Å²) in [5.41, 5.74) is 32.7. The fraction of sp³-hybridized carbons (Fsp3) is 0.852. The maximum absolute atomic E-state index is 13.4. The maximum atomic E-state index is 13.4. The fourth-order valence-corrected chi connectivity index (χ4v) is 57.8. The normalized spacial score (nSPS) is 14.6. The minimum absolute atomic E-state index is 0. The molecule has 0 aromatic rings. The van der Waals surface area contributed by atoms with E-state index >= 15 is 0 Å². The number of carboxylic acid groups (broad SMARTS) is 4. The van der Waals surface area contributed by atoms with Gasteiger partial charge >= 0.3 is 176 Å². The van der Waals surface area contributed by atoms with E-state index in [1.807, 2.05) is 39.3 Å². The molecule has 0 bridgehead atoms. The Labute approximate surface area is 922 Å². The van der Waals surface area contributed by atoms with Crippen molar-refractivity contribution in [2.45, 2.75) is 359 Å². The van der Waals surface area contributed by atoms with Gasteiger partial charge in [0.15, 0.2) is 49.9 Å². The Kier molecular flexibility index (Phi) is 99.8. The van der Waals surface area contributed by atoms with Gasteiger partial charge in [-0.15, -0.1) is 0 Å². The van der Waals surface area contributed by atoms with Crippen molar-refractivity contribution in [3.8, 4) is 0 Å². The topological polar surface area (TPSA) is 625 Å². The standard InChI is InChI=1S/C39H86N8O6Si3.C19H38O10Si3.C19H34O8Si3.C4H13N3.CH2O3.6CH4.2K.H/c1-54(2,30-15-16-34(36(48)17-13-24-44-28-22-42)32-38(50)46-26-11-7-9-20-40)52-56(5,6)53-55(3,4)31-19-35(37(49)18-14-25-45-29-23-43)33-39(51)47-27-12-8-10-21-41;1-30(2,10-7-8-14(18(24)25)12-16(20)21)28-32(5,6)29-31(3,4)11-9-15(19(26)27)13-17(22)23;1-28(2,10-7-8-14-12-16(20)24-18(14)22)26-30(5,6)27-29(3,4)11-9-15-13-17(21)25-19(15)23;5-1-3-7-4-2-6;2-1-4-3;;;;;;;;;/h34-35,44-45H,7-33,40-43H2,1-6H3,(H,46,50)(H,47,51);14-15H,7-13H2,1-6H3,(H,20,21)(H,22,23)(H,24,25)(H,26,27);14-15H,7-13H2,1-6H3;7H,1-6H2;1,3H;6*1H4;;;/q;;;;;;;;;;;2*+1;-1/p-1. The molecule has 38 nitrogen and oxygen atoms in total. The first-order chi connectivity index (χ1) is 59.9. The first-order valence-corrected chi connectivity index (χ1v) is 73.2. The van der Waals surface area contributed by atoms with Crippen molar-refractivity contribution >= 4 is 153 Å². The van der Waals surface area contributed by atoms with Gasteiger partial charge in [0.2, 0.25) is 11.8 Å². The number of carbonyl (C=O) groups excluding carboxylic acids is 9. The quantitative estimate of drug-likeness (QED) is 0.00670. The predicted octanol–water partition coefficient (Wildman–Crippen LogP) is 5.60. The van der Waals surface area contributed by atoms with Crippen LogP contribution in [-0.4, -0.2) is 265 Å². The van der Waals surface area contributed by atoms with Crippen molar-refractivity contribution in [1.82, 2.24) is 26.6 Å². The number of nitrogens with two attached hydrogens (primary N) is 6. The Bertz CT molecular complexity index is 3290. The molecule has 2 aliphatic heterocycles. The molecule has 6 atom stereocenters. The minimum atomic E-state index is -2.58. The smallest absolute Gasteiger partial charge is 1.00 e. The van der Waals surface area contributed by atoms with Gasteiger partial charge in [0.1, 0.15) is 11.6 Å². The Balaban J connectivity index is -0.000000166. The SMILES string of the molecule is C.C.C.C.C.C.C[Si](C)(CCCC(CC(=O)NCCCCCN)C(=O)CCCNCCN)O[Si](C)(C)O[Si](C)(C)CCC(CC(=O)NCCCCCN)C(=O)CCCNCCN.C[Si](C)(CCCC(CC(=O)O)C(=O)O)O[Si](C)(C)O[Si](C)(C)CCC(CC(=O)O)C(=O)O.C[Si](C)(CCCC1CC(=O)OC1=O)O[Si](C)(C)O[Si](C)(C)CCC1CC(=O)OC1=O.NCCNCCN.O=CO[O-].[H-].[K+].[K+]. The molecular formula is C88H197K2N11O27Si9. The van der Waals surface area contributed by atoms with Crippen molar-refractivity contribution in [2.75, 3.05) is 91.6 Å². The first kappa shape index (κ1) is 158. The minimum Gasteiger partial charge on any atom is -1.00 e. The van der Waals surface area contributed by atoms with E-state index < -0.39 is 148 Å². The van der Waals surface area contributed by atoms with Crippen LogP contribution in [0.3, 0.4) is 0 Å². The number of Topliss-reactive ketones (excluding diaryl/α,β-unsaturated/α-hetero) is 2. The summed E-state index contributed by atoms with van der Waals surface area (Å²) in [6.45, 7) is 46.9. The van der Waals surface area contributed by atoms with E-state index in [2.05, 4.69) is 120 Å². The van der Waals surface area contributed by atoms with Crippen LogP contribution >= 0.6 is 0 Å². The first-order valence-electron chi connectivity index (χ1n) is 46.1. The number of unbranched alkanes of at least 4 members (excludes halogenated alkanes) is 4. The van der Waals surface area contributed by atoms with Crippen LogP contribution in [0.5, 0.6) is 0 Å². The second-order valence-corrected chi connectivity index (χ2v) is 75.7. The van der Waals surface area contributed by atoms with E-state index in [4.69, 9.17) is 79.4 Å². The third-order valence-corrected chi connectivity index (χ3v) is 55.1. The van der Waals surface area contributed by atoms with E-state index in [9.17, 15) is 67.7 Å². The monoisotopic (exact) mass is 2170 g/mol. The number of carboxylic acids is 4. The summed E-state index contributed by atoms with van der Waals surface area (Å²) in [6, 6.07) is 4.41. The summed E-state index contributed by atoms with van der Waals surface area (Å²) >= 11 is 0. The number of ether oxygens (including phenoxy) is 2. The molecule has 6 unspecified atom stereocenters. The molecule has 2 saturated heterocycles. The van der Waals surface area contributed by atoms with Crippen molar-refractivity contribution < 1.29 is 231 Å². The van der Waals surface area contributed by atoms with Gasteiger partial charge in [-0.05, 0) is 257 Å². The number of nitrogens with one attached hydrogen (secondary N) is 5. The number of hydrogen-bond donors (Lipinski definition) is 15. The van der Waals surface area contributed by atoms with Crippen LogP contribution in [0.1, 0.15) is 207 Å². The van der Waals surface area contributed by atoms with Crippen LogP contribution in [0.4, 0.5) is 0 Å². The predicted molar refractivity (Wildman–Crippen MR) is 559 cm³/mol. The number of hydrogen-bond acceptors (Lipinski definition) is 32. The molecule has 137 heavy (non-hydrogen) atoms. The van der Waals surface area contributed by atoms with Gasteiger partial charge in [-0.3, -0.25) is 62.3 Å². The second kappa shape index (κ2) is 86.5. The zero-order chi connectivity index (χ0) is 99.3. The molecule has 2 fully saturated rings. The van der Waals surface area contributed by atoms with Crippen molar-refractivity contribution in [3.05, 3.63) is 0 Å². The van der Waals surface area contributed by atoms with Gasteiger partial charge in [-0.2, -0.15) is 0 Å². The van der Waals surface area contributed by atoms with E-state index in [0.717, 1.165) is 115 Å². The van der Waals surface area contributed by atoms with Crippen LogP contribution in [0.25, 0.3) is 0 Å². The van der Waals surface area contributed by atoms with Gasteiger partial charge in [-0.25, -0.2) is 0 Å². The Morgan fingerprint density at radius 1 is 0.372 bits per heavy atom. The van der Waals surface area contributed by atoms with Crippen LogP contribution < -0.4 is 169 Å². The van der Waals surface area contributed by atoms with Crippen molar-refractivity contribution in [3.63, 3.8) is 0 Å². The summed E-state index contributed by atoms with van der Waals surface area (Å²) in [5, 5.41) is 60.1. The van der Waals surface area contributed by atoms with Gasteiger partial charge < -0.3 is 127 Å². The van der Waals surface area contributed by atoms with Gasteiger partial charge in [0.25, 0.3) is 6.47 Å². The van der Waals surface area contributed by atoms with Gasteiger partial charge in [0.05, 0.1) is 49.4 Å². The van der Waals surface area contributed by atoms with Crippen LogP contribution in [0.2, 0.25) is 154 Å². The third-order valence-electron chi connectivity index (χ3n) is 20.9. The molecule has 2 amide bonds. The fourth-order valence-electron chi connectivity index (χ4n) is 15.4. The average molecular weight is 2170 g/mol. The van der Waals surface area contributed by atoms with Crippen LogP contribution in [-0.2, 0) is 101 Å². The number of amides is 2. The molecule has 21 N–H and O–H groups in total. The summed E-state index contributed by atoms with van der Waals surface area (Å²) in [6.07, 6.45) is 13.0. The number of carbonyl (C=O) groups is 13. The largest absolute Gasteiger partial charge is 1.00 e. The van der Waals surface area contributed by atoms with E-state index in [-0.39, 0.29) is 241 Å². The molecule has 2 rings (SSSR count). The summed E-state index contributed by atoms with van der Waals surface area (Å²) in [5.74, 6) is -9.27. The van der Waals surface area contributed by atoms with E-state index in [1.165, 1.54) is 0 Å². The third kappa shape index (κ3) is 89.4. The Morgan fingerprint density at radius 2 is 0.650 bits per heavy atom. The van der Waals surface area contributed by atoms with Crippen molar-refractivity contribution in [1.29, 1.82) is 0 Å². The zero-order valence-electron chi connectivity index (χ0n) is 84.5. The van der Waals surface area contributed by atoms with E-state index in [0.29, 0.717) is 122 Å². The number of rotatable bonds is 72. The van der Waals surface area contributed by atoms with E-state index in [1.54, 1.807) is 0 Å². The molecule has 0 aliphatic carbocycles. The molecule has 0 spiro atoms. The van der Waals surface area contributed by atoms with Gasteiger partial charge in [0, 0.05) is 103 Å². The zero-order valence-corrected chi connectivity index (χ0v) is 98.8. The Morgan fingerprint density at radius 3 is 0.942 bits per heavy atom. The molecule has 2 aliphatic rings. The molecule has 804 valence electrons. The molecule has 49 heteroatoms.